The molecule has 0 bridgehead atoms. The lowest BCUT2D eigenvalue weighted by molar-refractivity contribution is 0.0696. The highest BCUT2D eigenvalue weighted by molar-refractivity contribution is 7.85. The predicted molar refractivity (Wildman–Crippen MR) is 54.9 cm³/mol. The number of carboxylic acid groups (broad SMARTS) is 2. The zero-order chi connectivity index (χ0) is 13.4. The lowest BCUT2D eigenvalue weighted by Crippen LogP contribution is -2.10. The Morgan fingerprint density at radius 3 is 1.65 bits per heavy atom. The van der Waals surface area contributed by atoms with E-state index >= 15 is 0 Å². The standard InChI is InChI=1S/C9H8O7S/c1-4-6(8(10)11)2-5(17(14,15)16)3-7(4)9(12)13/h2-3H,1H3,(H,10,11)(H,12,13)(H,14,15,16). The van der Waals surface area contributed by atoms with E-state index in [9.17, 15) is 18.0 Å². The highest BCUT2D eigenvalue weighted by Crippen LogP contribution is 2.20. The van der Waals surface area contributed by atoms with Gasteiger partial charge in [0, 0.05) is 0 Å². The molecule has 0 heterocycles. The third kappa shape index (κ3) is 2.60. The summed E-state index contributed by atoms with van der Waals surface area (Å²) in [5, 5.41) is 17.6. The van der Waals surface area contributed by atoms with Crippen LogP contribution in [-0.4, -0.2) is 35.1 Å². The molecule has 7 nitrogen and oxygen atoms in total. The van der Waals surface area contributed by atoms with Crippen molar-refractivity contribution in [3.63, 3.8) is 0 Å². The fourth-order valence-corrected chi connectivity index (χ4v) is 1.81. The van der Waals surface area contributed by atoms with Crippen molar-refractivity contribution in [3.8, 4) is 0 Å². The molecule has 17 heavy (non-hydrogen) atoms. The summed E-state index contributed by atoms with van der Waals surface area (Å²) in [6.45, 7) is 1.24. The molecular formula is C9H8O7S. The van der Waals surface area contributed by atoms with Crippen LogP contribution >= 0.6 is 0 Å². The second-order valence-electron chi connectivity index (χ2n) is 3.23. The minimum atomic E-state index is -4.66. The predicted octanol–water partition coefficient (Wildman–Crippen LogP) is 0.638. The summed E-state index contributed by atoms with van der Waals surface area (Å²) in [4.78, 5) is 20.8. The summed E-state index contributed by atoms with van der Waals surface area (Å²) < 4.78 is 30.5. The van der Waals surface area contributed by atoms with Gasteiger partial charge in [-0.2, -0.15) is 8.42 Å². The lowest BCUT2D eigenvalue weighted by Gasteiger charge is -2.07. The zero-order valence-corrected chi connectivity index (χ0v) is 9.35. The molecule has 8 heteroatoms. The Hall–Kier alpha value is -1.93. The Morgan fingerprint density at radius 1 is 1.06 bits per heavy atom. The van der Waals surface area contributed by atoms with Gasteiger partial charge in [0.1, 0.15) is 0 Å². The van der Waals surface area contributed by atoms with Gasteiger partial charge in [-0.15, -0.1) is 0 Å². The molecule has 1 aromatic rings. The van der Waals surface area contributed by atoms with Crippen molar-refractivity contribution in [2.75, 3.05) is 0 Å². The van der Waals surface area contributed by atoms with Crippen LogP contribution < -0.4 is 0 Å². The number of aromatic carboxylic acids is 2. The molecule has 0 radical (unpaired) electrons. The third-order valence-corrected chi connectivity index (χ3v) is 2.97. The first-order chi connectivity index (χ1) is 7.64. The molecule has 0 fully saturated rings. The SMILES string of the molecule is Cc1c(C(=O)O)cc(S(=O)(=O)O)cc1C(=O)O. The topological polar surface area (TPSA) is 129 Å². The molecule has 0 aromatic heterocycles. The van der Waals surface area contributed by atoms with E-state index in [0.717, 1.165) is 0 Å². The molecule has 92 valence electrons. The van der Waals surface area contributed by atoms with Crippen molar-refractivity contribution in [1.29, 1.82) is 0 Å². The van der Waals surface area contributed by atoms with Gasteiger partial charge < -0.3 is 10.2 Å². The van der Waals surface area contributed by atoms with E-state index in [2.05, 4.69) is 0 Å². The van der Waals surface area contributed by atoms with E-state index in [0.29, 0.717) is 12.1 Å². The number of benzene rings is 1. The van der Waals surface area contributed by atoms with Crippen LogP contribution in [0.25, 0.3) is 0 Å². The Kier molecular flexibility index (Phi) is 3.21. The maximum absolute atomic E-state index is 10.9. The second kappa shape index (κ2) is 4.15. The minimum Gasteiger partial charge on any atom is -0.478 e. The number of rotatable bonds is 3. The molecule has 0 atom stereocenters. The molecule has 0 aliphatic rings. The molecule has 0 saturated heterocycles. The van der Waals surface area contributed by atoms with Crippen molar-refractivity contribution in [3.05, 3.63) is 28.8 Å². The van der Waals surface area contributed by atoms with Gasteiger partial charge in [-0.3, -0.25) is 4.55 Å². The molecule has 0 spiro atoms. The average Bonchev–Trinajstić information content (AvgIpc) is 2.14. The fraction of sp³-hybridized carbons (Fsp3) is 0.111. The molecule has 0 aliphatic carbocycles. The molecule has 1 aromatic carbocycles. The zero-order valence-electron chi connectivity index (χ0n) is 8.54. The van der Waals surface area contributed by atoms with Crippen molar-refractivity contribution < 1.29 is 32.8 Å². The van der Waals surface area contributed by atoms with E-state index in [1.807, 2.05) is 0 Å². The summed E-state index contributed by atoms with van der Waals surface area (Å²) in [6, 6.07) is 1.42. The number of hydrogen-bond acceptors (Lipinski definition) is 4. The van der Waals surface area contributed by atoms with Crippen LogP contribution in [0.3, 0.4) is 0 Å². The van der Waals surface area contributed by atoms with Crippen LogP contribution in [0.15, 0.2) is 17.0 Å². The van der Waals surface area contributed by atoms with Crippen molar-refractivity contribution in [2.45, 2.75) is 11.8 Å². The van der Waals surface area contributed by atoms with E-state index in [1.165, 1.54) is 6.92 Å². The molecular weight excluding hydrogens is 252 g/mol. The normalized spacial score (nSPS) is 11.2. The van der Waals surface area contributed by atoms with Gasteiger partial charge in [0.25, 0.3) is 10.1 Å². The van der Waals surface area contributed by atoms with Gasteiger partial charge in [-0.05, 0) is 24.6 Å². The Balaban J connectivity index is 3.71. The summed E-state index contributed by atoms with van der Waals surface area (Å²) >= 11 is 0. The Bertz CT molecular complexity index is 565. The molecule has 0 amide bonds. The van der Waals surface area contributed by atoms with Crippen LogP contribution in [0, 0.1) is 6.92 Å². The van der Waals surface area contributed by atoms with Crippen LogP contribution in [0.5, 0.6) is 0 Å². The number of hydrogen-bond donors (Lipinski definition) is 3. The van der Waals surface area contributed by atoms with Crippen LogP contribution in [0.4, 0.5) is 0 Å². The highest BCUT2D eigenvalue weighted by atomic mass is 32.2. The van der Waals surface area contributed by atoms with E-state index in [-0.39, 0.29) is 5.56 Å². The smallest absolute Gasteiger partial charge is 0.336 e. The second-order valence-corrected chi connectivity index (χ2v) is 4.65. The van der Waals surface area contributed by atoms with E-state index < -0.39 is 38.1 Å². The first-order valence-corrected chi connectivity index (χ1v) is 5.67. The summed E-state index contributed by atoms with van der Waals surface area (Å²) in [7, 11) is -4.66. The Morgan fingerprint density at radius 2 is 1.41 bits per heavy atom. The first kappa shape index (κ1) is 13.1. The average molecular weight is 260 g/mol. The van der Waals surface area contributed by atoms with Crippen molar-refractivity contribution in [2.24, 2.45) is 0 Å². The van der Waals surface area contributed by atoms with Gasteiger partial charge in [-0.25, -0.2) is 9.59 Å². The van der Waals surface area contributed by atoms with Crippen LogP contribution in [0.2, 0.25) is 0 Å². The van der Waals surface area contributed by atoms with Crippen molar-refractivity contribution >= 4 is 22.1 Å². The van der Waals surface area contributed by atoms with Crippen molar-refractivity contribution in [1.82, 2.24) is 0 Å². The van der Waals surface area contributed by atoms with Gasteiger partial charge >= 0.3 is 11.9 Å². The highest BCUT2D eigenvalue weighted by Gasteiger charge is 2.21. The fourth-order valence-electron chi connectivity index (χ4n) is 1.28. The molecule has 1 rings (SSSR count). The van der Waals surface area contributed by atoms with E-state index in [4.69, 9.17) is 14.8 Å². The largest absolute Gasteiger partial charge is 0.478 e. The van der Waals surface area contributed by atoms with Gasteiger partial charge in [-0.1, -0.05) is 0 Å². The Labute approximate surface area is 96.1 Å². The molecule has 3 N–H and O–H groups in total. The number of carboxylic acids is 2. The molecule has 0 unspecified atom stereocenters. The minimum absolute atomic E-state index is 0.0857. The lowest BCUT2D eigenvalue weighted by atomic mass is 10.0. The molecule has 0 aliphatic heterocycles. The summed E-state index contributed by atoms with van der Waals surface area (Å²) in [5.41, 5.74) is -1.06. The van der Waals surface area contributed by atoms with Gasteiger partial charge in [0.2, 0.25) is 0 Å². The van der Waals surface area contributed by atoms with Gasteiger partial charge in [0.15, 0.2) is 0 Å². The summed E-state index contributed by atoms with van der Waals surface area (Å²) in [5.74, 6) is -2.95. The first-order valence-electron chi connectivity index (χ1n) is 4.23. The third-order valence-electron chi connectivity index (χ3n) is 2.14. The molecule has 0 saturated carbocycles. The maximum atomic E-state index is 10.9. The van der Waals surface area contributed by atoms with Crippen LogP contribution in [0.1, 0.15) is 26.3 Å². The monoisotopic (exact) mass is 260 g/mol. The quantitative estimate of drug-likeness (QED) is 0.680. The van der Waals surface area contributed by atoms with Gasteiger partial charge in [0.05, 0.1) is 16.0 Å². The number of carbonyl (C=O) groups is 2. The van der Waals surface area contributed by atoms with Crippen LogP contribution in [-0.2, 0) is 10.1 Å². The maximum Gasteiger partial charge on any atom is 0.336 e. The van der Waals surface area contributed by atoms with E-state index in [1.54, 1.807) is 0 Å². The summed E-state index contributed by atoms with van der Waals surface area (Å²) in [6.07, 6.45) is 0.